The summed E-state index contributed by atoms with van der Waals surface area (Å²) >= 11 is 0. The molecule has 7 nitrogen and oxygen atoms in total. The highest BCUT2D eigenvalue weighted by Crippen LogP contribution is 2.29. The first kappa shape index (κ1) is 19.5. The van der Waals surface area contributed by atoms with Crippen LogP contribution in [0.15, 0.2) is 24.3 Å². The number of benzene rings is 1. The number of carbonyl (C=O) groups excluding carboxylic acids is 1. The molecule has 0 spiro atoms. The van der Waals surface area contributed by atoms with Crippen LogP contribution < -0.4 is 4.74 Å². The molecule has 7 heteroatoms. The predicted molar refractivity (Wildman–Crippen MR) is 113 cm³/mol. The lowest BCUT2D eigenvalue weighted by molar-refractivity contribution is -0.133. The molecule has 1 saturated heterocycles. The van der Waals surface area contributed by atoms with E-state index in [-0.39, 0.29) is 5.91 Å². The van der Waals surface area contributed by atoms with Crippen molar-refractivity contribution in [3.8, 4) is 5.75 Å². The number of likely N-dealkylation sites (tertiary alicyclic amines) is 1. The molecule has 1 aromatic carbocycles. The highest BCUT2D eigenvalue weighted by atomic mass is 16.5. The van der Waals surface area contributed by atoms with Gasteiger partial charge in [-0.15, -0.1) is 10.2 Å². The molecule has 0 unspecified atom stereocenters. The smallest absolute Gasteiger partial charge is 0.236 e. The standard InChI is InChI=1S/C23H31N5O2/c29-22(17-26-14-15-30-20-7-4-3-6-19(20)16-26)27-12-9-18(10-13-27)23-25-24-21-8-2-1-5-11-28(21)23/h3-4,6-7,18H,1-2,5,8-17H2. The molecule has 4 heterocycles. The lowest BCUT2D eigenvalue weighted by atomic mass is 9.95. The largest absolute Gasteiger partial charge is 0.492 e. The summed E-state index contributed by atoms with van der Waals surface area (Å²) in [5.41, 5.74) is 1.16. The van der Waals surface area contributed by atoms with Gasteiger partial charge in [0.25, 0.3) is 0 Å². The van der Waals surface area contributed by atoms with Gasteiger partial charge in [0.1, 0.15) is 24.0 Å². The zero-order valence-electron chi connectivity index (χ0n) is 17.6. The number of piperidine rings is 1. The third-order valence-electron chi connectivity index (χ3n) is 6.74. The normalized spacial score (nSPS) is 20.6. The number of ether oxygens (including phenoxy) is 1. The molecule has 160 valence electrons. The molecule has 5 rings (SSSR count). The van der Waals surface area contributed by atoms with Gasteiger partial charge < -0.3 is 14.2 Å². The molecule has 0 radical (unpaired) electrons. The monoisotopic (exact) mass is 409 g/mol. The van der Waals surface area contributed by atoms with Crippen molar-refractivity contribution in [1.82, 2.24) is 24.6 Å². The van der Waals surface area contributed by atoms with Crippen LogP contribution in [0.5, 0.6) is 5.75 Å². The van der Waals surface area contributed by atoms with Crippen LogP contribution in [-0.4, -0.2) is 63.3 Å². The first-order valence-corrected chi connectivity index (χ1v) is 11.4. The SMILES string of the molecule is O=C(CN1CCOc2ccccc2C1)N1CCC(c2nnc3n2CCCCC3)CC1. The minimum absolute atomic E-state index is 0.230. The molecule has 0 aliphatic carbocycles. The number of aryl methyl sites for hydroxylation is 1. The van der Waals surface area contributed by atoms with E-state index in [1.165, 1.54) is 19.3 Å². The highest BCUT2D eigenvalue weighted by molar-refractivity contribution is 5.78. The maximum absolute atomic E-state index is 13.0. The average Bonchev–Trinajstić information content (AvgIpc) is 2.93. The minimum atomic E-state index is 0.230. The maximum Gasteiger partial charge on any atom is 0.236 e. The average molecular weight is 410 g/mol. The van der Waals surface area contributed by atoms with Crippen LogP contribution >= 0.6 is 0 Å². The number of hydrogen-bond donors (Lipinski definition) is 0. The van der Waals surface area contributed by atoms with Crippen molar-refractivity contribution < 1.29 is 9.53 Å². The van der Waals surface area contributed by atoms with Crippen molar-refractivity contribution >= 4 is 5.91 Å². The van der Waals surface area contributed by atoms with Gasteiger partial charge in [-0.3, -0.25) is 9.69 Å². The summed E-state index contributed by atoms with van der Waals surface area (Å²) < 4.78 is 8.20. The molecule has 0 atom stereocenters. The molecule has 1 amide bonds. The summed E-state index contributed by atoms with van der Waals surface area (Å²) in [6.45, 7) is 5.31. The molecule has 1 fully saturated rings. The lowest BCUT2D eigenvalue weighted by Crippen LogP contribution is -2.44. The molecule has 0 bridgehead atoms. The van der Waals surface area contributed by atoms with Crippen molar-refractivity contribution in [3.63, 3.8) is 0 Å². The second-order valence-electron chi connectivity index (χ2n) is 8.76. The minimum Gasteiger partial charge on any atom is -0.492 e. The summed E-state index contributed by atoms with van der Waals surface area (Å²) in [5, 5.41) is 9.01. The molecule has 3 aliphatic rings. The maximum atomic E-state index is 13.0. The molecule has 0 saturated carbocycles. The van der Waals surface area contributed by atoms with E-state index >= 15 is 0 Å². The fraction of sp³-hybridized carbons (Fsp3) is 0.609. The van der Waals surface area contributed by atoms with Crippen LogP contribution in [0.2, 0.25) is 0 Å². The Hall–Kier alpha value is -2.41. The van der Waals surface area contributed by atoms with E-state index in [2.05, 4.69) is 25.7 Å². The molecule has 30 heavy (non-hydrogen) atoms. The quantitative estimate of drug-likeness (QED) is 0.780. The van der Waals surface area contributed by atoms with E-state index in [4.69, 9.17) is 4.74 Å². The van der Waals surface area contributed by atoms with Gasteiger partial charge in [0.05, 0.1) is 6.54 Å². The van der Waals surface area contributed by atoms with Crippen LogP contribution in [0, 0.1) is 0 Å². The van der Waals surface area contributed by atoms with Gasteiger partial charge >= 0.3 is 0 Å². The Morgan fingerprint density at radius 2 is 1.90 bits per heavy atom. The predicted octanol–water partition coefficient (Wildman–Crippen LogP) is 2.61. The third-order valence-corrected chi connectivity index (χ3v) is 6.74. The van der Waals surface area contributed by atoms with Gasteiger partial charge in [0.2, 0.25) is 5.91 Å². The van der Waals surface area contributed by atoms with Crippen molar-refractivity contribution in [1.29, 1.82) is 0 Å². The highest BCUT2D eigenvalue weighted by Gasteiger charge is 2.29. The molecule has 1 aromatic heterocycles. The van der Waals surface area contributed by atoms with Crippen molar-refractivity contribution in [2.45, 2.75) is 57.5 Å². The number of nitrogens with zero attached hydrogens (tertiary/aromatic N) is 5. The fourth-order valence-corrected chi connectivity index (χ4v) is 5.00. The van der Waals surface area contributed by atoms with E-state index in [0.29, 0.717) is 19.1 Å². The lowest BCUT2D eigenvalue weighted by Gasteiger charge is -2.33. The first-order chi connectivity index (χ1) is 14.8. The Morgan fingerprint density at radius 3 is 2.80 bits per heavy atom. The fourth-order valence-electron chi connectivity index (χ4n) is 5.00. The Kier molecular flexibility index (Phi) is 5.71. The number of hydrogen-bond acceptors (Lipinski definition) is 5. The summed E-state index contributed by atoms with van der Waals surface area (Å²) in [6, 6.07) is 8.13. The zero-order chi connectivity index (χ0) is 20.3. The summed E-state index contributed by atoms with van der Waals surface area (Å²) in [6.07, 6.45) is 6.73. The number of para-hydroxylation sites is 1. The number of aromatic nitrogens is 3. The van der Waals surface area contributed by atoms with Gasteiger partial charge in [-0.1, -0.05) is 24.6 Å². The van der Waals surface area contributed by atoms with Crippen molar-refractivity contribution in [2.24, 2.45) is 0 Å². The molecule has 3 aliphatic heterocycles. The Morgan fingerprint density at radius 1 is 1.03 bits per heavy atom. The van der Waals surface area contributed by atoms with Gasteiger partial charge in [-0.25, -0.2) is 0 Å². The Labute approximate surface area is 178 Å². The topological polar surface area (TPSA) is 63.5 Å². The number of fused-ring (bicyclic) bond motifs is 2. The van der Waals surface area contributed by atoms with Gasteiger partial charge in [-0.2, -0.15) is 0 Å². The van der Waals surface area contributed by atoms with Crippen LogP contribution in [0.1, 0.15) is 55.2 Å². The van der Waals surface area contributed by atoms with E-state index in [1.807, 2.05) is 23.1 Å². The number of rotatable bonds is 3. The summed E-state index contributed by atoms with van der Waals surface area (Å²) in [7, 11) is 0. The van der Waals surface area contributed by atoms with Crippen LogP contribution in [0.25, 0.3) is 0 Å². The van der Waals surface area contributed by atoms with Crippen LogP contribution in [-0.2, 0) is 24.3 Å². The number of carbonyl (C=O) groups is 1. The van der Waals surface area contributed by atoms with Gasteiger partial charge in [-0.05, 0) is 31.7 Å². The summed E-state index contributed by atoms with van der Waals surface area (Å²) in [5.74, 6) is 3.91. The molecular weight excluding hydrogens is 378 g/mol. The van der Waals surface area contributed by atoms with E-state index in [0.717, 1.165) is 74.9 Å². The van der Waals surface area contributed by atoms with Crippen LogP contribution in [0.3, 0.4) is 0 Å². The zero-order valence-corrected chi connectivity index (χ0v) is 17.6. The summed E-state index contributed by atoms with van der Waals surface area (Å²) in [4.78, 5) is 17.2. The van der Waals surface area contributed by atoms with Crippen molar-refractivity contribution in [2.75, 3.05) is 32.8 Å². The van der Waals surface area contributed by atoms with Gasteiger partial charge in [0, 0.05) is 50.6 Å². The van der Waals surface area contributed by atoms with Gasteiger partial charge in [0.15, 0.2) is 0 Å². The first-order valence-electron chi connectivity index (χ1n) is 11.4. The molecule has 0 N–H and O–H groups in total. The van der Waals surface area contributed by atoms with E-state index < -0.39 is 0 Å². The van der Waals surface area contributed by atoms with E-state index in [9.17, 15) is 4.79 Å². The third kappa shape index (κ3) is 4.08. The number of amides is 1. The van der Waals surface area contributed by atoms with Crippen LogP contribution in [0.4, 0.5) is 0 Å². The second-order valence-corrected chi connectivity index (χ2v) is 8.76. The Bertz CT molecular complexity index is 887. The molecule has 2 aromatic rings. The molecular formula is C23H31N5O2. The second kappa shape index (κ2) is 8.76. The van der Waals surface area contributed by atoms with E-state index in [1.54, 1.807) is 0 Å². The Balaban J connectivity index is 1.17. The van der Waals surface area contributed by atoms with Crippen molar-refractivity contribution in [3.05, 3.63) is 41.5 Å².